The lowest BCUT2D eigenvalue weighted by atomic mass is 9.88. The maximum absolute atomic E-state index is 4.36. The van der Waals surface area contributed by atoms with Crippen LogP contribution in [-0.2, 0) is 13.1 Å². The lowest BCUT2D eigenvalue weighted by Crippen LogP contribution is -2.40. The molecule has 0 aromatic carbocycles. The van der Waals surface area contributed by atoms with E-state index in [9.17, 15) is 0 Å². The maximum atomic E-state index is 4.36. The Labute approximate surface area is 128 Å². The van der Waals surface area contributed by atoms with Crippen LogP contribution in [-0.4, -0.2) is 40.4 Å². The van der Waals surface area contributed by atoms with Gasteiger partial charge in [0.25, 0.3) is 0 Å². The highest BCUT2D eigenvalue weighted by atomic mass is 35.5. The van der Waals surface area contributed by atoms with Gasteiger partial charge in [-0.25, -0.2) is 0 Å². The number of hydrogen-bond acceptors (Lipinski definition) is 3. The molecule has 4 nitrogen and oxygen atoms in total. The second-order valence-corrected chi connectivity index (χ2v) is 6.02. The fraction of sp³-hybridized carbons (Fsp3) is 0.800. The molecule has 2 saturated heterocycles. The van der Waals surface area contributed by atoms with Crippen LogP contribution in [0, 0.1) is 5.92 Å². The van der Waals surface area contributed by atoms with Crippen LogP contribution in [0.3, 0.4) is 0 Å². The molecule has 0 saturated carbocycles. The number of aromatic nitrogens is 2. The predicted molar refractivity (Wildman–Crippen MR) is 84.2 cm³/mol. The summed E-state index contributed by atoms with van der Waals surface area (Å²) in [5, 5.41) is 8.03. The van der Waals surface area contributed by atoms with Gasteiger partial charge in [-0.1, -0.05) is 0 Å². The average molecular weight is 299 g/mol. The minimum absolute atomic E-state index is 0. The molecule has 1 atom stereocenters. The van der Waals surface area contributed by atoms with Crippen LogP contribution < -0.4 is 5.32 Å². The smallest absolute Gasteiger partial charge is 0.0534 e. The van der Waals surface area contributed by atoms with Crippen LogP contribution in [0.25, 0.3) is 0 Å². The SMILES string of the molecule is CCn1cc(CN2CCC(C3CCCN3)CC2)cn1.Cl. The Kier molecular flexibility index (Phi) is 5.87. The van der Waals surface area contributed by atoms with Crippen LogP contribution in [0.1, 0.15) is 38.2 Å². The summed E-state index contributed by atoms with van der Waals surface area (Å²) in [6.07, 6.45) is 9.70. The maximum Gasteiger partial charge on any atom is 0.0534 e. The van der Waals surface area contributed by atoms with Crippen molar-refractivity contribution < 1.29 is 0 Å². The summed E-state index contributed by atoms with van der Waals surface area (Å²) in [5.41, 5.74) is 1.36. The molecule has 1 aromatic rings. The summed E-state index contributed by atoms with van der Waals surface area (Å²) in [6.45, 7) is 7.92. The van der Waals surface area contributed by atoms with Gasteiger partial charge in [0.15, 0.2) is 0 Å². The van der Waals surface area contributed by atoms with Crippen molar-refractivity contribution >= 4 is 12.4 Å². The number of likely N-dealkylation sites (tertiary alicyclic amines) is 1. The fourth-order valence-electron chi connectivity index (χ4n) is 3.55. The Hall–Kier alpha value is -0.580. The Morgan fingerprint density at radius 2 is 2.10 bits per heavy atom. The fourth-order valence-corrected chi connectivity index (χ4v) is 3.55. The molecule has 114 valence electrons. The molecule has 0 amide bonds. The van der Waals surface area contributed by atoms with Gasteiger partial charge in [-0.05, 0) is 58.2 Å². The summed E-state index contributed by atoms with van der Waals surface area (Å²) in [7, 11) is 0. The van der Waals surface area contributed by atoms with Gasteiger partial charge in [0, 0.05) is 30.9 Å². The molecule has 2 aliphatic rings. The molecule has 0 spiro atoms. The molecule has 20 heavy (non-hydrogen) atoms. The molecule has 0 aliphatic carbocycles. The number of halogens is 1. The Balaban J connectivity index is 0.00000147. The van der Waals surface area contributed by atoms with Crippen LogP contribution in [0.2, 0.25) is 0 Å². The molecule has 5 heteroatoms. The summed E-state index contributed by atoms with van der Waals surface area (Å²) in [6, 6.07) is 0.810. The van der Waals surface area contributed by atoms with Crippen molar-refractivity contribution in [1.82, 2.24) is 20.0 Å². The normalized spacial score (nSPS) is 24.8. The third-order valence-corrected chi connectivity index (χ3v) is 4.72. The summed E-state index contributed by atoms with van der Waals surface area (Å²) < 4.78 is 2.02. The minimum Gasteiger partial charge on any atom is -0.314 e. The first-order valence-corrected chi connectivity index (χ1v) is 7.82. The molecule has 3 rings (SSSR count). The Morgan fingerprint density at radius 1 is 1.30 bits per heavy atom. The number of rotatable bonds is 4. The number of piperidine rings is 1. The first-order chi connectivity index (χ1) is 9.35. The number of hydrogen-bond donors (Lipinski definition) is 1. The quantitative estimate of drug-likeness (QED) is 0.926. The van der Waals surface area contributed by atoms with E-state index in [0.717, 1.165) is 25.0 Å². The van der Waals surface area contributed by atoms with Crippen LogP contribution in [0.5, 0.6) is 0 Å². The zero-order chi connectivity index (χ0) is 13.1. The monoisotopic (exact) mass is 298 g/mol. The first-order valence-electron chi connectivity index (χ1n) is 7.82. The molecule has 3 heterocycles. The molecule has 2 fully saturated rings. The molecule has 1 unspecified atom stereocenters. The standard InChI is InChI=1S/C15H26N4.ClH/c1-2-19-12-13(10-17-19)11-18-8-5-14(6-9-18)15-4-3-7-16-15;/h10,12,14-16H,2-9,11H2,1H3;1H. The summed E-state index contributed by atoms with van der Waals surface area (Å²) >= 11 is 0. The van der Waals surface area contributed by atoms with Crippen molar-refractivity contribution in [2.75, 3.05) is 19.6 Å². The van der Waals surface area contributed by atoms with Gasteiger partial charge in [0.2, 0.25) is 0 Å². The second kappa shape index (κ2) is 7.43. The van der Waals surface area contributed by atoms with Crippen molar-refractivity contribution in [1.29, 1.82) is 0 Å². The Morgan fingerprint density at radius 3 is 2.70 bits per heavy atom. The lowest BCUT2D eigenvalue weighted by molar-refractivity contribution is 0.157. The van der Waals surface area contributed by atoms with Crippen molar-refractivity contribution in [2.24, 2.45) is 5.92 Å². The zero-order valence-corrected chi connectivity index (χ0v) is 13.2. The van der Waals surface area contributed by atoms with Crippen molar-refractivity contribution in [3.05, 3.63) is 18.0 Å². The van der Waals surface area contributed by atoms with Crippen molar-refractivity contribution in [3.63, 3.8) is 0 Å². The van der Waals surface area contributed by atoms with Gasteiger partial charge in [-0.3, -0.25) is 9.58 Å². The van der Waals surface area contributed by atoms with Gasteiger partial charge in [0.05, 0.1) is 6.20 Å². The second-order valence-electron chi connectivity index (χ2n) is 6.02. The molecular formula is C15H27ClN4. The minimum atomic E-state index is 0. The molecule has 0 bridgehead atoms. The van der Waals surface area contributed by atoms with E-state index in [0.29, 0.717) is 0 Å². The highest BCUT2D eigenvalue weighted by Crippen LogP contribution is 2.26. The summed E-state index contributed by atoms with van der Waals surface area (Å²) in [4.78, 5) is 2.59. The van der Waals surface area contributed by atoms with Gasteiger partial charge < -0.3 is 5.32 Å². The lowest BCUT2D eigenvalue weighted by Gasteiger charge is -2.34. The molecule has 1 N–H and O–H groups in total. The Bertz CT molecular complexity index is 392. The van der Waals surface area contributed by atoms with E-state index >= 15 is 0 Å². The zero-order valence-electron chi connectivity index (χ0n) is 12.4. The third kappa shape index (κ3) is 3.74. The number of aryl methyl sites for hydroxylation is 1. The highest BCUT2D eigenvalue weighted by molar-refractivity contribution is 5.85. The average Bonchev–Trinajstić information content (AvgIpc) is 3.10. The van der Waals surface area contributed by atoms with Gasteiger partial charge in [-0.15, -0.1) is 12.4 Å². The molecule has 1 aromatic heterocycles. The first kappa shape index (κ1) is 15.8. The molecule has 2 aliphatic heterocycles. The predicted octanol–water partition coefficient (Wildman–Crippen LogP) is 2.29. The van der Waals surface area contributed by atoms with Crippen LogP contribution in [0.15, 0.2) is 12.4 Å². The summed E-state index contributed by atoms with van der Waals surface area (Å²) in [5.74, 6) is 0.914. The largest absolute Gasteiger partial charge is 0.314 e. The van der Waals surface area contributed by atoms with E-state index < -0.39 is 0 Å². The molecule has 0 radical (unpaired) electrons. The van der Waals surface area contributed by atoms with Gasteiger partial charge in [-0.2, -0.15) is 5.10 Å². The van der Waals surface area contributed by atoms with E-state index in [2.05, 4.69) is 28.4 Å². The van der Waals surface area contributed by atoms with E-state index in [4.69, 9.17) is 0 Å². The van der Waals surface area contributed by atoms with Crippen LogP contribution >= 0.6 is 12.4 Å². The van der Waals surface area contributed by atoms with E-state index in [-0.39, 0.29) is 12.4 Å². The van der Waals surface area contributed by atoms with Gasteiger partial charge >= 0.3 is 0 Å². The number of nitrogens with one attached hydrogen (secondary N) is 1. The van der Waals surface area contributed by atoms with E-state index in [1.54, 1.807) is 0 Å². The van der Waals surface area contributed by atoms with E-state index in [1.807, 2.05) is 10.9 Å². The molecular weight excluding hydrogens is 272 g/mol. The van der Waals surface area contributed by atoms with Gasteiger partial charge in [0.1, 0.15) is 0 Å². The van der Waals surface area contributed by atoms with Crippen molar-refractivity contribution in [2.45, 2.75) is 51.7 Å². The third-order valence-electron chi connectivity index (χ3n) is 4.72. The van der Waals surface area contributed by atoms with Crippen LogP contribution in [0.4, 0.5) is 0 Å². The van der Waals surface area contributed by atoms with E-state index in [1.165, 1.54) is 50.9 Å². The van der Waals surface area contributed by atoms with Crippen molar-refractivity contribution in [3.8, 4) is 0 Å². The topological polar surface area (TPSA) is 33.1 Å². The highest BCUT2D eigenvalue weighted by Gasteiger charge is 2.28. The number of nitrogens with zero attached hydrogens (tertiary/aromatic N) is 3.